The average molecular weight is 448 g/mol. The van der Waals surface area contributed by atoms with Crippen LogP contribution >= 0.6 is 0 Å². The molecule has 0 aliphatic heterocycles. The lowest BCUT2D eigenvalue weighted by molar-refractivity contribution is 0.101. The Morgan fingerprint density at radius 2 is 1.70 bits per heavy atom. The van der Waals surface area contributed by atoms with E-state index in [9.17, 15) is 18.4 Å². The van der Waals surface area contributed by atoms with Crippen LogP contribution in [-0.2, 0) is 0 Å². The Hall–Kier alpha value is -4.53. The highest BCUT2D eigenvalue weighted by molar-refractivity contribution is 6.06. The molecular formula is C24H18F2N4O3. The number of imidazole rings is 1. The Kier molecular flexibility index (Phi) is 6.12. The van der Waals surface area contributed by atoms with Crippen LogP contribution in [0.5, 0.6) is 5.75 Å². The van der Waals surface area contributed by atoms with Gasteiger partial charge in [-0.2, -0.15) is 0 Å². The Labute approximate surface area is 187 Å². The van der Waals surface area contributed by atoms with Gasteiger partial charge in [0.2, 0.25) is 0 Å². The zero-order chi connectivity index (χ0) is 23.4. The molecule has 9 heteroatoms. The van der Waals surface area contributed by atoms with Gasteiger partial charge in [-0.25, -0.2) is 13.8 Å². The number of ether oxygens (including phenoxy) is 1. The molecule has 0 bridgehead atoms. The van der Waals surface area contributed by atoms with Gasteiger partial charge >= 0.3 is 0 Å². The predicted molar refractivity (Wildman–Crippen MR) is 119 cm³/mol. The minimum atomic E-state index is -0.536. The first-order valence-corrected chi connectivity index (χ1v) is 9.79. The molecule has 1 heterocycles. The van der Waals surface area contributed by atoms with Gasteiger partial charge in [0.15, 0.2) is 0 Å². The Morgan fingerprint density at radius 3 is 2.42 bits per heavy atom. The van der Waals surface area contributed by atoms with Crippen molar-refractivity contribution in [1.29, 1.82) is 0 Å². The van der Waals surface area contributed by atoms with Crippen molar-refractivity contribution < 1.29 is 23.1 Å². The fourth-order valence-electron chi connectivity index (χ4n) is 3.17. The van der Waals surface area contributed by atoms with Gasteiger partial charge in [0.1, 0.15) is 23.1 Å². The first-order valence-electron chi connectivity index (χ1n) is 9.79. The number of aromatic nitrogens is 2. The number of amides is 2. The molecule has 2 N–H and O–H groups in total. The number of halogens is 2. The smallest absolute Gasteiger partial charge is 0.274 e. The van der Waals surface area contributed by atoms with Crippen molar-refractivity contribution in [3.63, 3.8) is 0 Å². The summed E-state index contributed by atoms with van der Waals surface area (Å²) < 4.78 is 33.5. The van der Waals surface area contributed by atoms with E-state index in [0.29, 0.717) is 17.1 Å². The number of anilines is 2. The summed E-state index contributed by atoms with van der Waals surface area (Å²) in [4.78, 5) is 29.4. The van der Waals surface area contributed by atoms with E-state index >= 15 is 0 Å². The molecule has 0 atom stereocenters. The number of benzene rings is 3. The van der Waals surface area contributed by atoms with Gasteiger partial charge in [-0.3, -0.25) is 14.2 Å². The van der Waals surface area contributed by atoms with E-state index in [1.54, 1.807) is 12.1 Å². The summed E-state index contributed by atoms with van der Waals surface area (Å²) in [5, 5.41) is 5.40. The highest BCUT2D eigenvalue weighted by Gasteiger charge is 2.16. The monoisotopic (exact) mass is 448 g/mol. The van der Waals surface area contributed by atoms with E-state index in [-0.39, 0.29) is 16.9 Å². The summed E-state index contributed by atoms with van der Waals surface area (Å²) in [6.07, 6.45) is 2.83. The van der Waals surface area contributed by atoms with Crippen molar-refractivity contribution in [2.75, 3.05) is 17.7 Å². The van der Waals surface area contributed by atoms with Crippen LogP contribution in [0.4, 0.5) is 20.2 Å². The molecule has 0 radical (unpaired) electrons. The number of nitrogens with one attached hydrogen (secondary N) is 2. The average Bonchev–Trinajstić information content (AvgIpc) is 3.30. The number of hydrogen-bond donors (Lipinski definition) is 2. The van der Waals surface area contributed by atoms with Crippen molar-refractivity contribution in [1.82, 2.24) is 9.55 Å². The number of carbonyl (C=O) groups is 2. The van der Waals surface area contributed by atoms with E-state index in [1.165, 1.54) is 72.7 Å². The Bertz CT molecular complexity index is 1320. The number of methoxy groups -OCH3 is 1. The lowest BCUT2D eigenvalue weighted by Crippen LogP contribution is -2.17. The summed E-state index contributed by atoms with van der Waals surface area (Å²) in [7, 11) is 1.44. The largest absolute Gasteiger partial charge is 0.495 e. The molecule has 33 heavy (non-hydrogen) atoms. The highest BCUT2D eigenvalue weighted by atomic mass is 19.1. The maximum atomic E-state index is 13.5. The number of carbonyl (C=O) groups excluding carboxylic acids is 2. The molecule has 1 aromatic heterocycles. The Balaban J connectivity index is 1.56. The van der Waals surface area contributed by atoms with Crippen LogP contribution < -0.4 is 15.4 Å². The summed E-state index contributed by atoms with van der Waals surface area (Å²) in [5.74, 6) is -1.58. The van der Waals surface area contributed by atoms with Crippen molar-refractivity contribution >= 4 is 23.2 Å². The van der Waals surface area contributed by atoms with Crippen LogP contribution in [0, 0.1) is 11.6 Å². The van der Waals surface area contributed by atoms with Crippen LogP contribution in [0.3, 0.4) is 0 Å². The van der Waals surface area contributed by atoms with Crippen molar-refractivity contribution in [3.8, 4) is 11.4 Å². The minimum absolute atomic E-state index is 0.134. The number of hydrogen-bond acceptors (Lipinski definition) is 4. The SMILES string of the molecule is COc1ccc(NC(=O)c2cncn2-c2ccc(F)cc2)cc1NC(=O)c1cccc(F)c1. The normalized spacial score (nSPS) is 10.5. The first-order chi connectivity index (χ1) is 15.9. The molecular weight excluding hydrogens is 430 g/mol. The van der Waals surface area contributed by atoms with Crippen LogP contribution in [0.2, 0.25) is 0 Å². The van der Waals surface area contributed by atoms with E-state index < -0.39 is 23.4 Å². The first kappa shape index (κ1) is 21.7. The Morgan fingerprint density at radius 1 is 0.909 bits per heavy atom. The molecule has 0 aliphatic rings. The van der Waals surface area contributed by atoms with Gasteiger partial charge in [-0.1, -0.05) is 6.07 Å². The highest BCUT2D eigenvalue weighted by Crippen LogP contribution is 2.29. The van der Waals surface area contributed by atoms with Gasteiger partial charge in [-0.05, 0) is 60.7 Å². The lowest BCUT2D eigenvalue weighted by atomic mass is 10.2. The van der Waals surface area contributed by atoms with E-state index in [4.69, 9.17) is 4.74 Å². The minimum Gasteiger partial charge on any atom is -0.495 e. The molecule has 0 unspecified atom stereocenters. The maximum absolute atomic E-state index is 13.5. The number of rotatable bonds is 6. The molecule has 0 saturated heterocycles. The second-order valence-electron chi connectivity index (χ2n) is 6.96. The molecule has 0 spiro atoms. The second-order valence-corrected chi connectivity index (χ2v) is 6.96. The zero-order valence-electron chi connectivity index (χ0n) is 17.4. The summed E-state index contributed by atoms with van der Waals surface area (Å²) in [6, 6.07) is 15.6. The summed E-state index contributed by atoms with van der Waals surface area (Å²) in [5.41, 5.74) is 1.59. The van der Waals surface area contributed by atoms with Crippen molar-refractivity contribution in [3.05, 3.63) is 102 Å². The molecule has 0 saturated carbocycles. The summed E-state index contributed by atoms with van der Waals surface area (Å²) >= 11 is 0. The summed E-state index contributed by atoms with van der Waals surface area (Å²) in [6.45, 7) is 0. The van der Waals surface area contributed by atoms with Gasteiger partial charge < -0.3 is 15.4 Å². The molecule has 166 valence electrons. The second kappa shape index (κ2) is 9.31. The molecule has 0 fully saturated rings. The molecule has 2 amide bonds. The van der Waals surface area contributed by atoms with Gasteiger partial charge in [0.05, 0.1) is 25.3 Å². The van der Waals surface area contributed by atoms with Gasteiger partial charge in [0, 0.05) is 16.9 Å². The van der Waals surface area contributed by atoms with Crippen LogP contribution in [-0.4, -0.2) is 28.5 Å². The molecule has 0 aliphatic carbocycles. The van der Waals surface area contributed by atoms with Gasteiger partial charge in [0.25, 0.3) is 11.8 Å². The van der Waals surface area contributed by atoms with Crippen molar-refractivity contribution in [2.45, 2.75) is 0 Å². The third-order valence-corrected chi connectivity index (χ3v) is 4.77. The van der Waals surface area contributed by atoms with Crippen LogP contribution in [0.15, 0.2) is 79.3 Å². The van der Waals surface area contributed by atoms with E-state index in [0.717, 1.165) is 6.07 Å². The van der Waals surface area contributed by atoms with Crippen molar-refractivity contribution in [2.24, 2.45) is 0 Å². The third-order valence-electron chi connectivity index (χ3n) is 4.77. The zero-order valence-corrected chi connectivity index (χ0v) is 17.4. The third kappa shape index (κ3) is 4.87. The predicted octanol–water partition coefficient (Wildman–Crippen LogP) is 4.66. The molecule has 3 aromatic carbocycles. The lowest BCUT2D eigenvalue weighted by Gasteiger charge is -2.13. The molecule has 4 aromatic rings. The van der Waals surface area contributed by atoms with Crippen LogP contribution in [0.25, 0.3) is 5.69 Å². The van der Waals surface area contributed by atoms with E-state index in [2.05, 4.69) is 15.6 Å². The molecule has 4 rings (SSSR count). The van der Waals surface area contributed by atoms with E-state index in [1.807, 2.05) is 0 Å². The van der Waals surface area contributed by atoms with Gasteiger partial charge in [-0.15, -0.1) is 0 Å². The topological polar surface area (TPSA) is 85.2 Å². The quantitative estimate of drug-likeness (QED) is 0.449. The van der Waals surface area contributed by atoms with Crippen LogP contribution in [0.1, 0.15) is 20.8 Å². The standard InChI is InChI=1S/C24H18F2N4O3/c1-33-22-10-7-18(12-20(22)29-23(31)15-3-2-4-17(26)11-15)28-24(32)21-13-27-14-30(21)19-8-5-16(25)6-9-19/h2-14H,1H3,(H,28,32)(H,29,31). The fourth-order valence-corrected chi connectivity index (χ4v) is 3.17. The number of nitrogens with zero attached hydrogens (tertiary/aromatic N) is 2. The molecule has 7 nitrogen and oxygen atoms in total. The fraction of sp³-hybridized carbons (Fsp3) is 0.0417. The maximum Gasteiger partial charge on any atom is 0.274 e.